The van der Waals surface area contributed by atoms with Crippen LogP contribution in [0.2, 0.25) is 0 Å². The Morgan fingerprint density at radius 1 is 1.15 bits per heavy atom. The molecule has 1 aromatic rings. The fourth-order valence-electron chi connectivity index (χ4n) is 2.33. The van der Waals surface area contributed by atoms with Crippen LogP contribution in [0.4, 0.5) is 5.69 Å². The number of hydrogen-bond donors (Lipinski definition) is 0. The zero-order valence-corrected chi connectivity index (χ0v) is 15.9. The molecule has 1 aliphatic rings. The van der Waals surface area contributed by atoms with Crippen LogP contribution in [-0.2, 0) is 4.74 Å². The van der Waals surface area contributed by atoms with Gasteiger partial charge in [0.1, 0.15) is 11.5 Å². The van der Waals surface area contributed by atoms with Crippen molar-refractivity contribution in [3.05, 3.63) is 82.3 Å². The van der Waals surface area contributed by atoms with Gasteiger partial charge >= 0.3 is 0 Å². The highest BCUT2D eigenvalue weighted by Gasteiger charge is 2.23. The number of anilines is 1. The number of nitrogens with zero attached hydrogens (tertiary/aromatic N) is 3. The summed E-state index contributed by atoms with van der Waals surface area (Å²) in [6.07, 6.45) is 7.33. The molecule has 0 saturated heterocycles. The average molecular weight is 345 g/mol. The van der Waals surface area contributed by atoms with Crippen LogP contribution in [-0.4, -0.2) is 14.1 Å². The molecule has 0 amide bonds. The fraction of sp³-hybridized carbons (Fsp3) is 0.273. The average Bonchev–Trinajstić information content (AvgIpc) is 2.60. The molecule has 1 aliphatic heterocycles. The van der Waals surface area contributed by atoms with Gasteiger partial charge in [-0.05, 0) is 41.5 Å². The summed E-state index contributed by atoms with van der Waals surface area (Å²) in [7, 11) is 4.01. The number of nitriles is 1. The van der Waals surface area contributed by atoms with Crippen molar-refractivity contribution in [2.75, 3.05) is 19.0 Å². The predicted molar refractivity (Wildman–Crippen MR) is 106 cm³/mol. The standard InChI is InChI=1S/C22H23N3O/c1-22(2,3)21-14-17(20(15-23)24-4)13-19(26-21)12-9-16-7-10-18(11-8-16)25(5)6/h7-14H,1-3,5-6H3/b12-9+,20-17-. The molecular formula is C22H23N3O. The molecule has 132 valence electrons. The summed E-state index contributed by atoms with van der Waals surface area (Å²) in [4.78, 5) is 5.37. The molecular weight excluding hydrogens is 322 g/mol. The Morgan fingerprint density at radius 2 is 1.81 bits per heavy atom. The van der Waals surface area contributed by atoms with Crippen molar-refractivity contribution in [3.8, 4) is 6.07 Å². The van der Waals surface area contributed by atoms with Crippen LogP contribution in [0, 0.1) is 23.3 Å². The molecule has 4 nitrogen and oxygen atoms in total. The smallest absolute Gasteiger partial charge is 0.269 e. The topological polar surface area (TPSA) is 40.6 Å². The number of rotatable bonds is 3. The Morgan fingerprint density at radius 3 is 2.31 bits per heavy atom. The SMILES string of the molecule is [C-]#[N+]/C(C#N)=C1C=C(/C=C/c2ccc(N(C)C)cc2)OC(C(C)(C)C)=C/1. The van der Waals surface area contributed by atoms with Crippen LogP contribution in [0.15, 0.2) is 65.3 Å². The molecule has 0 saturated carbocycles. The maximum atomic E-state index is 9.19. The lowest BCUT2D eigenvalue weighted by atomic mass is 9.91. The van der Waals surface area contributed by atoms with Crippen molar-refractivity contribution < 1.29 is 4.74 Å². The van der Waals surface area contributed by atoms with Crippen LogP contribution in [0.1, 0.15) is 26.3 Å². The molecule has 26 heavy (non-hydrogen) atoms. The fourth-order valence-corrected chi connectivity index (χ4v) is 2.33. The minimum Gasteiger partial charge on any atom is -0.461 e. The zero-order valence-electron chi connectivity index (χ0n) is 15.9. The van der Waals surface area contributed by atoms with E-state index >= 15 is 0 Å². The molecule has 1 aromatic carbocycles. The summed E-state index contributed by atoms with van der Waals surface area (Å²) >= 11 is 0. The number of ether oxygens (including phenoxy) is 1. The van der Waals surface area contributed by atoms with Gasteiger partial charge in [-0.25, -0.2) is 10.1 Å². The van der Waals surface area contributed by atoms with E-state index in [2.05, 4.69) is 4.85 Å². The normalized spacial score (nSPS) is 16.1. The summed E-state index contributed by atoms with van der Waals surface area (Å²) in [6.45, 7) is 13.3. The third-order valence-electron chi connectivity index (χ3n) is 3.89. The van der Waals surface area contributed by atoms with Crippen molar-refractivity contribution in [2.45, 2.75) is 20.8 Å². The molecule has 0 aliphatic carbocycles. The van der Waals surface area contributed by atoms with Gasteiger partial charge in [0.2, 0.25) is 0 Å². The van der Waals surface area contributed by atoms with Crippen LogP contribution in [0.3, 0.4) is 0 Å². The van der Waals surface area contributed by atoms with E-state index < -0.39 is 0 Å². The molecule has 2 rings (SSSR count). The van der Waals surface area contributed by atoms with Crippen LogP contribution in [0.25, 0.3) is 10.9 Å². The van der Waals surface area contributed by atoms with E-state index in [4.69, 9.17) is 11.3 Å². The van der Waals surface area contributed by atoms with Gasteiger partial charge < -0.3 is 9.64 Å². The quantitative estimate of drug-likeness (QED) is 0.551. The number of benzene rings is 1. The highest BCUT2D eigenvalue weighted by atomic mass is 16.5. The summed E-state index contributed by atoms with van der Waals surface area (Å²) in [6, 6.07) is 10.1. The summed E-state index contributed by atoms with van der Waals surface area (Å²) in [5, 5.41) is 9.19. The van der Waals surface area contributed by atoms with E-state index in [0.717, 1.165) is 17.0 Å². The second-order valence-corrected chi connectivity index (χ2v) is 7.25. The summed E-state index contributed by atoms with van der Waals surface area (Å²) in [5.41, 5.74) is 2.60. The van der Waals surface area contributed by atoms with Gasteiger partial charge in [-0.1, -0.05) is 39.0 Å². The molecule has 0 radical (unpaired) electrons. The van der Waals surface area contributed by atoms with Gasteiger partial charge in [0.05, 0.1) is 12.6 Å². The van der Waals surface area contributed by atoms with Gasteiger partial charge in [-0.15, -0.1) is 0 Å². The molecule has 0 N–H and O–H groups in total. The Kier molecular flexibility index (Phi) is 5.70. The van der Waals surface area contributed by atoms with Crippen molar-refractivity contribution in [2.24, 2.45) is 5.41 Å². The van der Waals surface area contributed by atoms with Gasteiger partial charge in [-0.2, -0.15) is 0 Å². The van der Waals surface area contributed by atoms with Crippen molar-refractivity contribution in [3.63, 3.8) is 0 Å². The molecule has 0 bridgehead atoms. The maximum Gasteiger partial charge on any atom is 0.269 e. The Labute approximate surface area is 155 Å². The second-order valence-electron chi connectivity index (χ2n) is 7.25. The van der Waals surface area contributed by atoms with Crippen molar-refractivity contribution >= 4 is 11.8 Å². The lowest BCUT2D eigenvalue weighted by Crippen LogP contribution is -2.14. The zero-order chi connectivity index (χ0) is 19.3. The Bertz CT molecular complexity index is 861. The van der Waals surface area contributed by atoms with E-state index in [1.54, 1.807) is 12.2 Å². The van der Waals surface area contributed by atoms with Gasteiger partial charge in [0.25, 0.3) is 5.70 Å². The minimum absolute atomic E-state index is 0.0660. The number of allylic oxidation sites excluding steroid dienone is 6. The van der Waals surface area contributed by atoms with Gasteiger partial charge in [-0.3, -0.25) is 0 Å². The molecule has 0 aromatic heterocycles. The van der Waals surface area contributed by atoms with Crippen molar-refractivity contribution in [1.29, 1.82) is 5.26 Å². The number of hydrogen-bond acceptors (Lipinski definition) is 3. The van der Waals surface area contributed by atoms with Gasteiger partial charge in [0, 0.05) is 25.2 Å². The lowest BCUT2D eigenvalue weighted by Gasteiger charge is -2.26. The van der Waals surface area contributed by atoms with E-state index in [1.165, 1.54) is 0 Å². The van der Waals surface area contributed by atoms with E-state index in [0.29, 0.717) is 11.3 Å². The first kappa shape index (κ1) is 19.1. The minimum atomic E-state index is -0.228. The third-order valence-corrected chi connectivity index (χ3v) is 3.89. The van der Waals surface area contributed by atoms with Crippen LogP contribution < -0.4 is 4.90 Å². The molecule has 0 unspecified atom stereocenters. The lowest BCUT2D eigenvalue weighted by molar-refractivity contribution is 0.223. The largest absolute Gasteiger partial charge is 0.461 e. The Balaban J connectivity index is 2.35. The van der Waals surface area contributed by atoms with E-state index in [-0.39, 0.29) is 11.1 Å². The molecule has 4 heteroatoms. The molecule has 0 atom stereocenters. The van der Waals surface area contributed by atoms with Crippen LogP contribution >= 0.6 is 0 Å². The monoisotopic (exact) mass is 345 g/mol. The van der Waals surface area contributed by atoms with E-state index in [1.807, 2.05) is 82.3 Å². The van der Waals surface area contributed by atoms with Gasteiger partial charge in [0.15, 0.2) is 0 Å². The highest BCUT2D eigenvalue weighted by molar-refractivity contribution is 5.59. The molecule has 1 heterocycles. The first-order valence-corrected chi connectivity index (χ1v) is 8.33. The van der Waals surface area contributed by atoms with Crippen LogP contribution in [0.5, 0.6) is 0 Å². The summed E-state index contributed by atoms with van der Waals surface area (Å²) in [5.74, 6) is 1.34. The third kappa shape index (κ3) is 4.65. The van der Waals surface area contributed by atoms with Crippen molar-refractivity contribution in [1.82, 2.24) is 0 Å². The molecule has 0 fully saturated rings. The second kappa shape index (κ2) is 7.76. The predicted octanol–water partition coefficient (Wildman–Crippen LogP) is 5.31. The first-order chi connectivity index (χ1) is 12.2. The highest BCUT2D eigenvalue weighted by Crippen LogP contribution is 2.34. The summed E-state index contributed by atoms with van der Waals surface area (Å²) < 4.78 is 5.98. The van der Waals surface area contributed by atoms with E-state index in [9.17, 15) is 5.26 Å². The Hall–Kier alpha value is -3.24. The first-order valence-electron chi connectivity index (χ1n) is 8.33. The maximum absolute atomic E-state index is 9.19. The molecule has 0 spiro atoms.